The van der Waals surface area contributed by atoms with Gasteiger partial charge in [-0.05, 0) is 26.3 Å². The highest BCUT2D eigenvalue weighted by Gasteiger charge is 2.21. The molecule has 3 heterocycles. The molecule has 1 aliphatic heterocycles. The Kier molecular flexibility index (Phi) is 2.95. The molecule has 1 saturated heterocycles. The van der Waals surface area contributed by atoms with Gasteiger partial charge in [0, 0.05) is 13.1 Å². The number of aromatic nitrogens is 4. The number of aryl methyl sites for hydroxylation is 1. The highest BCUT2D eigenvalue weighted by Crippen LogP contribution is 2.22. The van der Waals surface area contributed by atoms with Crippen LogP contribution in [0.25, 0.3) is 11.0 Å². The maximum atomic E-state index is 6.17. The van der Waals surface area contributed by atoms with E-state index in [0.717, 1.165) is 29.9 Å². The molecule has 0 N–H and O–H groups in total. The van der Waals surface area contributed by atoms with Crippen LogP contribution < -0.4 is 0 Å². The average Bonchev–Trinajstić information content (AvgIpc) is 2.88. The number of likely N-dealkylation sites (tertiary alicyclic amines) is 1. The summed E-state index contributed by atoms with van der Waals surface area (Å²) in [5, 5.41) is 5.47. The zero-order valence-corrected chi connectivity index (χ0v) is 11.4. The fourth-order valence-corrected chi connectivity index (χ4v) is 2.74. The van der Waals surface area contributed by atoms with Crippen LogP contribution in [0, 0.1) is 0 Å². The summed E-state index contributed by atoms with van der Waals surface area (Å²) in [4.78, 5) is 11.3. The molecule has 6 heteroatoms. The van der Waals surface area contributed by atoms with E-state index in [1.165, 1.54) is 12.8 Å². The van der Waals surface area contributed by atoms with Crippen LogP contribution >= 0.6 is 11.6 Å². The maximum Gasteiger partial charge on any atom is 0.162 e. The summed E-state index contributed by atoms with van der Waals surface area (Å²) in [5.41, 5.74) is 0.803. The second-order valence-electron chi connectivity index (χ2n) is 4.90. The van der Waals surface area contributed by atoms with Crippen LogP contribution in [0.4, 0.5) is 0 Å². The predicted octanol–water partition coefficient (Wildman–Crippen LogP) is 2.00. The van der Waals surface area contributed by atoms with E-state index in [2.05, 4.69) is 26.9 Å². The molecule has 0 aromatic carbocycles. The molecule has 0 amide bonds. The third-order valence-corrected chi connectivity index (χ3v) is 3.92. The quantitative estimate of drug-likeness (QED) is 0.780. The summed E-state index contributed by atoms with van der Waals surface area (Å²) in [5.74, 6) is 0.782. The molecule has 1 aliphatic rings. The van der Waals surface area contributed by atoms with E-state index in [0.29, 0.717) is 11.2 Å². The number of halogens is 1. The number of hydrogen-bond donors (Lipinski definition) is 0. The lowest BCUT2D eigenvalue weighted by Gasteiger charge is -2.19. The summed E-state index contributed by atoms with van der Waals surface area (Å²) in [6, 6.07) is 0.606. The topological polar surface area (TPSA) is 46.8 Å². The van der Waals surface area contributed by atoms with Crippen LogP contribution in [0.3, 0.4) is 0 Å². The zero-order chi connectivity index (χ0) is 12.7. The second kappa shape index (κ2) is 4.48. The highest BCUT2D eigenvalue weighted by molar-refractivity contribution is 6.33. The van der Waals surface area contributed by atoms with Crippen LogP contribution in [0.2, 0.25) is 5.15 Å². The van der Waals surface area contributed by atoms with Crippen molar-refractivity contribution >= 4 is 22.6 Å². The van der Waals surface area contributed by atoms with Crippen molar-refractivity contribution in [3.05, 3.63) is 17.2 Å². The lowest BCUT2D eigenvalue weighted by molar-refractivity contribution is 0.254. The van der Waals surface area contributed by atoms with Crippen molar-refractivity contribution in [2.45, 2.75) is 32.4 Å². The molecule has 0 saturated carbocycles. The molecule has 18 heavy (non-hydrogen) atoms. The highest BCUT2D eigenvalue weighted by atomic mass is 35.5. The first-order valence-corrected chi connectivity index (χ1v) is 6.61. The first-order chi connectivity index (χ1) is 8.65. The van der Waals surface area contributed by atoms with Crippen molar-refractivity contribution in [1.29, 1.82) is 0 Å². The van der Waals surface area contributed by atoms with E-state index in [9.17, 15) is 0 Å². The molecule has 1 fully saturated rings. The lowest BCUT2D eigenvalue weighted by atomic mass is 10.2. The van der Waals surface area contributed by atoms with Crippen molar-refractivity contribution in [3.8, 4) is 0 Å². The summed E-state index contributed by atoms with van der Waals surface area (Å²) >= 11 is 6.17. The van der Waals surface area contributed by atoms with Gasteiger partial charge in [-0.2, -0.15) is 5.10 Å². The molecule has 1 unspecified atom stereocenters. The van der Waals surface area contributed by atoms with Gasteiger partial charge in [0.1, 0.15) is 11.0 Å². The maximum absolute atomic E-state index is 6.17. The predicted molar refractivity (Wildman–Crippen MR) is 70.4 cm³/mol. The SMILES string of the molecule is CC1CCCN1Cc1nc(Cl)c2cnn(C)c2n1. The molecular formula is C12H16ClN5. The van der Waals surface area contributed by atoms with E-state index in [1.54, 1.807) is 10.9 Å². The smallest absolute Gasteiger partial charge is 0.162 e. The standard InChI is InChI=1S/C12H16ClN5/c1-8-4-3-5-18(8)7-10-15-11(13)9-6-14-17(2)12(9)16-10/h6,8H,3-5,7H2,1-2H3. The molecule has 3 rings (SSSR count). The Balaban J connectivity index is 1.94. The number of fused-ring (bicyclic) bond motifs is 1. The minimum Gasteiger partial charge on any atom is -0.293 e. The summed E-state index contributed by atoms with van der Waals surface area (Å²) in [6.45, 7) is 4.13. The first-order valence-electron chi connectivity index (χ1n) is 6.23. The normalized spacial score (nSPS) is 20.9. The fraction of sp³-hybridized carbons (Fsp3) is 0.583. The largest absolute Gasteiger partial charge is 0.293 e. The van der Waals surface area contributed by atoms with Gasteiger partial charge in [0.25, 0.3) is 0 Å². The van der Waals surface area contributed by atoms with Crippen LogP contribution in [0.1, 0.15) is 25.6 Å². The molecular weight excluding hydrogens is 250 g/mol. The molecule has 5 nitrogen and oxygen atoms in total. The molecule has 2 aromatic heterocycles. The van der Waals surface area contributed by atoms with Crippen molar-refractivity contribution in [2.24, 2.45) is 7.05 Å². The molecule has 0 spiro atoms. The number of rotatable bonds is 2. The summed E-state index contributed by atoms with van der Waals surface area (Å²) in [6.07, 6.45) is 4.21. The zero-order valence-electron chi connectivity index (χ0n) is 10.6. The number of nitrogens with zero attached hydrogens (tertiary/aromatic N) is 5. The van der Waals surface area contributed by atoms with Gasteiger partial charge in [-0.15, -0.1) is 0 Å². The van der Waals surface area contributed by atoms with Gasteiger partial charge < -0.3 is 0 Å². The van der Waals surface area contributed by atoms with Gasteiger partial charge in [0.2, 0.25) is 0 Å². The van der Waals surface area contributed by atoms with Crippen molar-refractivity contribution in [1.82, 2.24) is 24.6 Å². The van der Waals surface area contributed by atoms with E-state index in [-0.39, 0.29) is 0 Å². The van der Waals surface area contributed by atoms with Crippen LogP contribution in [0.5, 0.6) is 0 Å². The third-order valence-electron chi connectivity index (χ3n) is 3.63. The molecule has 0 aliphatic carbocycles. The van der Waals surface area contributed by atoms with Gasteiger partial charge in [-0.25, -0.2) is 9.97 Å². The Morgan fingerprint density at radius 1 is 1.44 bits per heavy atom. The minimum atomic E-state index is 0.495. The first kappa shape index (κ1) is 11.9. The van der Waals surface area contributed by atoms with Crippen LogP contribution in [-0.2, 0) is 13.6 Å². The molecule has 96 valence electrons. The Morgan fingerprint density at radius 3 is 3.00 bits per heavy atom. The Labute approximate surface area is 111 Å². The molecule has 0 radical (unpaired) electrons. The van der Waals surface area contributed by atoms with Crippen LogP contribution in [-0.4, -0.2) is 37.2 Å². The monoisotopic (exact) mass is 265 g/mol. The van der Waals surface area contributed by atoms with E-state index in [4.69, 9.17) is 11.6 Å². The Morgan fingerprint density at radius 2 is 2.28 bits per heavy atom. The number of hydrogen-bond acceptors (Lipinski definition) is 4. The summed E-state index contributed by atoms with van der Waals surface area (Å²) < 4.78 is 1.74. The van der Waals surface area contributed by atoms with Gasteiger partial charge in [-0.3, -0.25) is 9.58 Å². The fourth-order valence-electron chi connectivity index (χ4n) is 2.51. The van der Waals surface area contributed by atoms with E-state index < -0.39 is 0 Å². The molecule has 0 bridgehead atoms. The van der Waals surface area contributed by atoms with Crippen LogP contribution in [0.15, 0.2) is 6.20 Å². The molecule has 1 atom stereocenters. The van der Waals surface area contributed by atoms with Crippen molar-refractivity contribution in [3.63, 3.8) is 0 Å². The minimum absolute atomic E-state index is 0.495. The van der Waals surface area contributed by atoms with E-state index in [1.807, 2.05) is 7.05 Å². The second-order valence-corrected chi connectivity index (χ2v) is 5.26. The van der Waals surface area contributed by atoms with Gasteiger partial charge in [0.05, 0.1) is 18.1 Å². The average molecular weight is 266 g/mol. The lowest BCUT2D eigenvalue weighted by Crippen LogP contribution is -2.27. The summed E-state index contributed by atoms with van der Waals surface area (Å²) in [7, 11) is 1.87. The van der Waals surface area contributed by atoms with Crippen molar-refractivity contribution in [2.75, 3.05) is 6.54 Å². The van der Waals surface area contributed by atoms with Gasteiger partial charge >= 0.3 is 0 Å². The van der Waals surface area contributed by atoms with Gasteiger partial charge in [-0.1, -0.05) is 11.6 Å². The molecule has 2 aromatic rings. The van der Waals surface area contributed by atoms with Gasteiger partial charge in [0.15, 0.2) is 5.65 Å². The third kappa shape index (κ3) is 1.97. The van der Waals surface area contributed by atoms with E-state index >= 15 is 0 Å². The Hall–Kier alpha value is -1.20. The van der Waals surface area contributed by atoms with Crippen molar-refractivity contribution < 1.29 is 0 Å². The Bertz CT molecular complexity index is 579.